The lowest BCUT2D eigenvalue weighted by atomic mass is 9.98. The van der Waals surface area contributed by atoms with Gasteiger partial charge in [0.25, 0.3) is 0 Å². The third-order valence-corrected chi connectivity index (χ3v) is 3.28. The summed E-state index contributed by atoms with van der Waals surface area (Å²) < 4.78 is 0. The van der Waals surface area contributed by atoms with Crippen LogP contribution < -0.4 is 5.73 Å². The van der Waals surface area contributed by atoms with Gasteiger partial charge in [-0.15, -0.1) is 0 Å². The Balaban J connectivity index is 2.51. The molecule has 0 radical (unpaired) electrons. The highest BCUT2D eigenvalue weighted by molar-refractivity contribution is 5.58. The first-order valence-electron chi connectivity index (χ1n) is 6.37. The van der Waals surface area contributed by atoms with Crippen LogP contribution in [0.1, 0.15) is 29.8 Å². The lowest BCUT2D eigenvalue weighted by Gasteiger charge is -2.15. The molecule has 0 aliphatic carbocycles. The minimum atomic E-state index is 0.218. The highest BCUT2D eigenvalue weighted by atomic mass is 16.3. The third kappa shape index (κ3) is 2.74. The van der Waals surface area contributed by atoms with Gasteiger partial charge in [0.1, 0.15) is 5.75 Å². The van der Waals surface area contributed by atoms with Crippen molar-refractivity contribution in [3.63, 3.8) is 0 Å². The molecule has 0 saturated heterocycles. The van der Waals surface area contributed by atoms with E-state index in [0.717, 1.165) is 22.5 Å². The van der Waals surface area contributed by atoms with E-state index in [-0.39, 0.29) is 11.7 Å². The number of hydrogen-bond donors (Lipinski definition) is 2. The molecular formula is C15H19N3O. The van der Waals surface area contributed by atoms with Crippen LogP contribution >= 0.6 is 0 Å². The van der Waals surface area contributed by atoms with E-state index in [1.807, 2.05) is 19.9 Å². The molecule has 1 heterocycles. The van der Waals surface area contributed by atoms with E-state index in [1.54, 1.807) is 18.2 Å². The molecule has 0 saturated carbocycles. The van der Waals surface area contributed by atoms with Crippen LogP contribution in [0.4, 0.5) is 0 Å². The second-order valence-electron chi connectivity index (χ2n) is 4.82. The average Bonchev–Trinajstić information content (AvgIpc) is 2.37. The Labute approximate surface area is 113 Å². The number of aromatic hydroxyl groups is 1. The molecule has 1 unspecified atom stereocenters. The Bertz CT molecular complexity index is 573. The van der Waals surface area contributed by atoms with Crippen LogP contribution in [0.15, 0.2) is 24.3 Å². The normalized spacial score (nSPS) is 12.4. The number of nitrogens with zero attached hydrogens (tertiary/aromatic N) is 2. The van der Waals surface area contributed by atoms with Gasteiger partial charge in [0, 0.05) is 17.0 Å². The van der Waals surface area contributed by atoms with Gasteiger partial charge >= 0.3 is 0 Å². The molecule has 2 rings (SSSR count). The van der Waals surface area contributed by atoms with Gasteiger partial charge < -0.3 is 10.8 Å². The van der Waals surface area contributed by atoms with Crippen molar-refractivity contribution in [1.29, 1.82) is 0 Å². The van der Waals surface area contributed by atoms with Gasteiger partial charge in [0.2, 0.25) is 0 Å². The van der Waals surface area contributed by atoms with Gasteiger partial charge in [0.05, 0.1) is 0 Å². The van der Waals surface area contributed by atoms with Crippen molar-refractivity contribution in [2.45, 2.75) is 26.7 Å². The number of nitrogens with two attached hydrogens (primary N) is 1. The van der Waals surface area contributed by atoms with Crippen LogP contribution in [-0.4, -0.2) is 21.6 Å². The molecule has 19 heavy (non-hydrogen) atoms. The zero-order valence-electron chi connectivity index (χ0n) is 11.5. The highest BCUT2D eigenvalue weighted by Crippen LogP contribution is 2.25. The summed E-state index contributed by atoms with van der Waals surface area (Å²) >= 11 is 0. The predicted octanol–water partition coefficient (Wildman–Crippen LogP) is 2.53. The lowest BCUT2D eigenvalue weighted by Crippen LogP contribution is -2.14. The molecular weight excluding hydrogens is 238 g/mol. The molecule has 1 aromatic heterocycles. The molecule has 100 valence electrons. The van der Waals surface area contributed by atoms with Crippen molar-refractivity contribution < 1.29 is 5.11 Å². The molecule has 1 atom stereocenters. The molecule has 4 heteroatoms. The summed E-state index contributed by atoms with van der Waals surface area (Å²) in [4.78, 5) is 9.07. The van der Waals surface area contributed by atoms with E-state index in [9.17, 15) is 5.11 Å². The fraction of sp³-hybridized carbons (Fsp3) is 0.333. The second-order valence-corrected chi connectivity index (χ2v) is 4.82. The van der Waals surface area contributed by atoms with E-state index in [1.165, 1.54) is 0 Å². The van der Waals surface area contributed by atoms with Gasteiger partial charge in [-0.25, -0.2) is 9.97 Å². The minimum absolute atomic E-state index is 0.218. The molecule has 0 amide bonds. The molecule has 0 fully saturated rings. The monoisotopic (exact) mass is 257 g/mol. The zero-order chi connectivity index (χ0) is 14.0. The Morgan fingerprint density at radius 3 is 2.37 bits per heavy atom. The summed E-state index contributed by atoms with van der Waals surface area (Å²) in [6.07, 6.45) is 0. The van der Waals surface area contributed by atoms with Gasteiger partial charge in [-0.3, -0.25) is 0 Å². The first-order chi connectivity index (χ1) is 9.02. The molecule has 0 aliphatic heterocycles. The number of benzene rings is 1. The minimum Gasteiger partial charge on any atom is -0.508 e. The van der Waals surface area contributed by atoms with Gasteiger partial charge in [-0.05, 0) is 44.0 Å². The van der Waals surface area contributed by atoms with Crippen molar-refractivity contribution in [3.8, 4) is 17.1 Å². The summed E-state index contributed by atoms with van der Waals surface area (Å²) in [5.74, 6) is 1.10. The van der Waals surface area contributed by atoms with E-state index in [2.05, 4.69) is 16.9 Å². The molecule has 4 nitrogen and oxygen atoms in total. The van der Waals surface area contributed by atoms with Crippen LogP contribution in [-0.2, 0) is 0 Å². The van der Waals surface area contributed by atoms with Crippen molar-refractivity contribution in [1.82, 2.24) is 9.97 Å². The van der Waals surface area contributed by atoms with Gasteiger partial charge in [0.15, 0.2) is 5.82 Å². The van der Waals surface area contributed by atoms with Gasteiger partial charge in [-0.2, -0.15) is 0 Å². The molecule has 2 aromatic rings. The molecule has 0 spiro atoms. The fourth-order valence-corrected chi connectivity index (χ4v) is 2.33. The maximum absolute atomic E-state index is 9.52. The number of rotatable bonds is 3. The quantitative estimate of drug-likeness (QED) is 0.886. The number of phenols is 1. The summed E-state index contributed by atoms with van der Waals surface area (Å²) in [6.45, 7) is 6.61. The maximum atomic E-state index is 9.52. The Morgan fingerprint density at radius 1 is 1.21 bits per heavy atom. The number of phenolic OH excluding ortho intramolecular Hbond substituents is 1. The molecule has 3 N–H and O–H groups in total. The largest absolute Gasteiger partial charge is 0.508 e. The van der Waals surface area contributed by atoms with Crippen LogP contribution in [0.25, 0.3) is 11.4 Å². The number of aryl methyl sites for hydroxylation is 2. The summed E-state index contributed by atoms with van der Waals surface area (Å²) in [6, 6.07) is 6.98. The Kier molecular flexibility index (Phi) is 3.81. The van der Waals surface area contributed by atoms with Gasteiger partial charge in [-0.1, -0.05) is 19.1 Å². The lowest BCUT2D eigenvalue weighted by molar-refractivity contribution is 0.475. The molecule has 1 aromatic carbocycles. The van der Waals surface area contributed by atoms with Crippen LogP contribution in [0.5, 0.6) is 5.75 Å². The van der Waals surface area contributed by atoms with Crippen LogP contribution in [0.3, 0.4) is 0 Å². The first kappa shape index (κ1) is 13.5. The Hall–Kier alpha value is -1.94. The van der Waals surface area contributed by atoms with Crippen molar-refractivity contribution in [3.05, 3.63) is 41.2 Å². The maximum Gasteiger partial charge on any atom is 0.159 e. The van der Waals surface area contributed by atoms with Crippen molar-refractivity contribution in [2.24, 2.45) is 5.73 Å². The van der Waals surface area contributed by atoms with E-state index < -0.39 is 0 Å². The fourth-order valence-electron chi connectivity index (χ4n) is 2.33. The SMILES string of the molecule is Cc1nc(-c2cccc(O)c2)nc(C)c1C(C)CN. The zero-order valence-corrected chi connectivity index (χ0v) is 11.5. The smallest absolute Gasteiger partial charge is 0.159 e. The van der Waals surface area contributed by atoms with E-state index in [4.69, 9.17) is 5.73 Å². The van der Waals surface area contributed by atoms with Crippen LogP contribution in [0.2, 0.25) is 0 Å². The number of hydrogen-bond acceptors (Lipinski definition) is 4. The number of aromatic nitrogens is 2. The highest BCUT2D eigenvalue weighted by Gasteiger charge is 2.14. The van der Waals surface area contributed by atoms with Crippen molar-refractivity contribution in [2.75, 3.05) is 6.54 Å². The second kappa shape index (κ2) is 5.36. The molecule has 0 bridgehead atoms. The van der Waals surface area contributed by atoms with Crippen molar-refractivity contribution >= 4 is 0 Å². The first-order valence-corrected chi connectivity index (χ1v) is 6.37. The Morgan fingerprint density at radius 2 is 1.84 bits per heavy atom. The topological polar surface area (TPSA) is 72.0 Å². The van der Waals surface area contributed by atoms with Crippen LogP contribution in [0, 0.1) is 13.8 Å². The standard InChI is InChI=1S/C15H19N3O/c1-9(8-16)14-10(2)17-15(18-11(14)3)12-5-4-6-13(19)7-12/h4-7,9,19H,8,16H2,1-3H3. The van der Waals surface area contributed by atoms with E-state index >= 15 is 0 Å². The summed E-state index contributed by atoms with van der Waals surface area (Å²) in [5.41, 5.74) is 9.55. The third-order valence-electron chi connectivity index (χ3n) is 3.28. The molecule has 0 aliphatic rings. The predicted molar refractivity (Wildman–Crippen MR) is 76.1 cm³/mol. The summed E-state index contributed by atoms with van der Waals surface area (Å²) in [5, 5.41) is 9.52. The summed E-state index contributed by atoms with van der Waals surface area (Å²) in [7, 11) is 0. The average molecular weight is 257 g/mol. The van der Waals surface area contributed by atoms with E-state index in [0.29, 0.717) is 12.4 Å².